The van der Waals surface area contributed by atoms with E-state index in [2.05, 4.69) is 40.2 Å². The van der Waals surface area contributed by atoms with Crippen molar-refractivity contribution in [3.05, 3.63) is 130 Å². The van der Waals surface area contributed by atoms with Crippen LogP contribution in [0.15, 0.2) is 97.1 Å². The SMILES string of the molecule is Cc1ccc(CNC(=O)Cc2ccc(COC(=O)[C@H](CCCCNC(=O)OCC3c4ccccc4-c4ccccc43)NC(=O)OC(C)(C)C)cc2)cc1. The van der Waals surface area contributed by atoms with E-state index in [0.717, 1.165) is 38.9 Å². The molecule has 1 aliphatic rings. The summed E-state index contributed by atoms with van der Waals surface area (Å²) in [6.07, 6.45) is 0.333. The highest BCUT2D eigenvalue weighted by atomic mass is 16.6. The normalized spacial score (nSPS) is 12.5. The Labute approximate surface area is 311 Å². The maximum atomic E-state index is 13.2. The van der Waals surface area contributed by atoms with Crippen molar-refractivity contribution in [3.8, 4) is 11.1 Å². The molecule has 10 nitrogen and oxygen atoms in total. The number of alkyl carbamates (subject to hydrolysis) is 2. The topological polar surface area (TPSA) is 132 Å². The average Bonchev–Trinajstić information content (AvgIpc) is 3.45. The zero-order chi connectivity index (χ0) is 37.8. The molecule has 278 valence electrons. The number of unbranched alkanes of at least 4 members (excludes halogenated alkanes) is 1. The van der Waals surface area contributed by atoms with E-state index >= 15 is 0 Å². The fraction of sp³-hybridized carbons (Fsp3) is 0.349. The van der Waals surface area contributed by atoms with Crippen molar-refractivity contribution in [1.29, 1.82) is 0 Å². The van der Waals surface area contributed by atoms with Crippen molar-refractivity contribution >= 4 is 24.1 Å². The minimum atomic E-state index is -0.948. The number of aryl methyl sites for hydroxylation is 1. The fourth-order valence-electron chi connectivity index (χ4n) is 6.17. The van der Waals surface area contributed by atoms with Gasteiger partial charge in [0.15, 0.2) is 0 Å². The first-order chi connectivity index (χ1) is 25.4. The highest BCUT2D eigenvalue weighted by Crippen LogP contribution is 2.44. The van der Waals surface area contributed by atoms with Crippen LogP contribution in [0.1, 0.15) is 79.3 Å². The first kappa shape index (κ1) is 38.6. The second-order valence-electron chi connectivity index (χ2n) is 14.3. The Morgan fingerprint density at radius 1 is 0.698 bits per heavy atom. The van der Waals surface area contributed by atoms with Crippen molar-refractivity contribution in [1.82, 2.24) is 16.0 Å². The van der Waals surface area contributed by atoms with E-state index in [0.29, 0.717) is 25.9 Å². The van der Waals surface area contributed by atoms with Crippen molar-refractivity contribution in [2.75, 3.05) is 13.2 Å². The highest BCUT2D eigenvalue weighted by Gasteiger charge is 2.29. The zero-order valence-corrected chi connectivity index (χ0v) is 30.9. The largest absolute Gasteiger partial charge is 0.459 e. The molecule has 0 radical (unpaired) electrons. The Kier molecular flexibility index (Phi) is 13.3. The zero-order valence-electron chi connectivity index (χ0n) is 30.9. The van der Waals surface area contributed by atoms with Gasteiger partial charge in [0, 0.05) is 19.0 Å². The molecule has 10 heteroatoms. The van der Waals surface area contributed by atoms with E-state index in [-0.39, 0.29) is 37.9 Å². The second kappa shape index (κ2) is 18.2. The Bertz CT molecular complexity index is 1820. The summed E-state index contributed by atoms with van der Waals surface area (Å²) in [6, 6.07) is 30.7. The van der Waals surface area contributed by atoms with Gasteiger partial charge in [0.1, 0.15) is 24.9 Å². The van der Waals surface area contributed by atoms with Crippen molar-refractivity contribution < 1.29 is 33.4 Å². The number of rotatable bonds is 15. The molecular weight excluding hydrogens is 670 g/mol. The Hall–Kier alpha value is -5.64. The summed E-state index contributed by atoms with van der Waals surface area (Å²) in [7, 11) is 0. The van der Waals surface area contributed by atoms with Crippen LogP contribution in [-0.2, 0) is 43.4 Å². The maximum absolute atomic E-state index is 13.2. The van der Waals surface area contributed by atoms with Gasteiger partial charge in [-0.05, 0) is 85.9 Å². The van der Waals surface area contributed by atoms with Crippen LogP contribution >= 0.6 is 0 Å². The smallest absolute Gasteiger partial charge is 0.408 e. The maximum Gasteiger partial charge on any atom is 0.408 e. The molecule has 0 spiro atoms. The Morgan fingerprint density at radius 2 is 1.30 bits per heavy atom. The van der Waals surface area contributed by atoms with Gasteiger partial charge in [-0.3, -0.25) is 4.79 Å². The van der Waals surface area contributed by atoms with Crippen LogP contribution in [0.4, 0.5) is 9.59 Å². The number of fused-ring (bicyclic) bond motifs is 3. The van der Waals surface area contributed by atoms with Gasteiger partial charge < -0.3 is 30.2 Å². The molecule has 0 heterocycles. The first-order valence-corrected chi connectivity index (χ1v) is 18.1. The van der Waals surface area contributed by atoms with Crippen LogP contribution in [0.25, 0.3) is 11.1 Å². The molecule has 3 N–H and O–H groups in total. The second-order valence-corrected chi connectivity index (χ2v) is 14.3. The van der Waals surface area contributed by atoms with E-state index in [4.69, 9.17) is 14.2 Å². The van der Waals surface area contributed by atoms with E-state index < -0.39 is 29.8 Å². The molecule has 1 aliphatic carbocycles. The van der Waals surface area contributed by atoms with E-state index in [1.165, 1.54) is 5.56 Å². The summed E-state index contributed by atoms with van der Waals surface area (Å²) in [5.41, 5.74) is 7.63. The molecule has 0 fully saturated rings. The fourth-order valence-corrected chi connectivity index (χ4v) is 6.17. The number of carbonyl (C=O) groups excluding carboxylic acids is 4. The third kappa shape index (κ3) is 11.7. The summed E-state index contributed by atoms with van der Waals surface area (Å²) in [6.45, 7) is 8.26. The van der Waals surface area contributed by atoms with Crippen LogP contribution in [0.3, 0.4) is 0 Å². The molecule has 0 aromatic heterocycles. The number of benzene rings is 4. The third-order valence-corrected chi connectivity index (χ3v) is 8.89. The third-order valence-electron chi connectivity index (χ3n) is 8.89. The van der Waals surface area contributed by atoms with Gasteiger partial charge in [-0.25, -0.2) is 14.4 Å². The van der Waals surface area contributed by atoms with E-state index in [9.17, 15) is 19.2 Å². The summed E-state index contributed by atoms with van der Waals surface area (Å²) in [5.74, 6) is -0.716. The van der Waals surface area contributed by atoms with Crippen LogP contribution in [0, 0.1) is 6.92 Å². The predicted octanol–water partition coefficient (Wildman–Crippen LogP) is 7.50. The molecule has 0 unspecified atom stereocenters. The Balaban J connectivity index is 1.05. The molecule has 0 saturated heterocycles. The summed E-state index contributed by atoms with van der Waals surface area (Å²) >= 11 is 0. The number of carbonyl (C=O) groups is 4. The Morgan fingerprint density at radius 3 is 1.94 bits per heavy atom. The summed E-state index contributed by atoms with van der Waals surface area (Å²) in [4.78, 5) is 50.8. The predicted molar refractivity (Wildman–Crippen MR) is 203 cm³/mol. The number of hydrogen-bond donors (Lipinski definition) is 3. The molecule has 1 atom stereocenters. The number of ether oxygens (including phenoxy) is 3. The number of nitrogens with one attached hydrogen (secondary N) is 3. The number of esters is 1. The summed E-state index contributed by atoms with van der Waals surface area (Å²) in [5, 5.41) is 8.37. The lowest BCUT2D eigenvalue weighted by atomic mass is 9.98. The van der Waals surface area contributed by atoms with E-state index in [1.54, 1.807) is 32.9 Å². The quantitative estimate of drug-likeness (QED) is 0.0659. The molecule has 4 aromatic rings. The van der Waals surface area contributed by atoms with Crippen LogP contribution in [0.2, 0.25) is 0 Å². The minimum Gasteiger partial charge on any atom is -0.459 e. The molecule has 0 bridgehead atoms. The lowest BCUT2D eigenvalue weighted by Gasteiger charge is -2.23. The van der Waals surface area contributed by atoms with Gasteiger partial charge >= 0.3 is 18.2 Å². The van der Waals surface area contributed by atoms with Crippen molar-refractivity contribution in [3.63, 3.8) is 0 Å². The molecule has 3 amide bonds. The first-order valence-electron chi connectivity index (χ1n) is 18.1. The standard InChI is InChI=1S/C43H49N3O7/c1-29-16-18-31(19-17-29)26-45-39(47)25-30-20-22-32(23-21-30)27-51-40(48)38(46-42(50)53-43(2,3)4)15-9-10-24-44-41(49)52-28-37-35-13-7-5-11-33(35)34-12-6-8-14-36(34)37/h5-8,11-14,16-23,37-38H,9-10,15,24-28H2,1-4H3,(H,44,49)(H,45,47)(H,46,50)/t38-/m0/s1. The monoisotopic (exact) mass is 719 g/mol. The van der Waals surface area contributed by atoms with E-state index in [1.807, 2.05) is 67.6 Å². The minimum absolute atomic E-state index is 0.00539. The van der Waals surface area contributed by atoms with Crippen LogP contribution in [0.5, 0.6) is 0 Å². The van der Waals surface area contributed by atoms with Crippen molar-refractivity contribution in [2.45, 2.75) is 84.1 Å². The highest BCUT2D eigenvalue weighted by molar-refractivity contribution is 5.82. The van der Waals surface area contributed by atoms with Gasteiger partial charge in [-0.1, -0.05) is 103 Å². The lowest BCUT2D eigenvalue weighted by Crippen LogP contribution is -2.44. The average molecular weight is 720 g/mol. The number of hydrogen-bond acceptors (Lipinski definition) is 7. The van der Waals surface area contributed by atoms with Gasteiger partial charge in [-0.15, -0.1) is 0 Å². The summed E-state index contributed by atoms with van der Waals surface area (Å²) < 4.78 is 16.6. The van der Waals surface area contributed by atoms with Crippen LogP contribution < -0.4 is 16.0 Å². The molecule has 5 rings (SSSR count). The molecule has 53 heavy (non-hydrogen) atoms. The molecule has 0 saturated carbocycles. The van der Waals surface area contributed by atoms with Crippen molar-refractivity contribution in [2.24, 2.45) is 0 Å². The molecule has 0 aliphatic heterocycles. The van der Waals surface area contributed by atoms with Gasteiger partial charge in [0.2, 0.25) is 5.91 Å². The molecule has 4 aromatic carbocycles. The lowest BCUT2D eigenvalue weighted by molar-refractivity contribution is -0.147. The van der Waals surface area contributed by atoms with Gasteiger partial charge in [0.05, 0.1) is 6.42 Å². The molecular formula is C43H49N3O7. The van der Waals surface area contributed by atoms with Gasteiger partial charge in [0.25, 0.3) is 0 Å². The number of amides is 3. The van der Waals surface area contributed by atoms with Gasteiger partial charge in [-0.2, -0.15) is 0 Å². The van der Waals surface area contributed by atoms with Crippen LogP contribution in [-0.4, -0.2) is 48.9 Å².